The number of ether oxygens (including phenoxy) is 2. The summed E-state index contributed by atoms with van der Waals surface area (Å²) in [4.78, 5) is 27.9. The predicted molar refractivity (Wildman–Crippen MR) is 94.0 cm³/mol. The molecule has 0 bridgehead atoms. The molecule has 0 spiro atoms. The molecular weight excluding hydrogens is 431 g/mol. The van der Waals surface area contributed by atoms with Crippen molar-refractivity contribution in [3.63, 3.8) is 0 Å². The first-order chi connectivity index (χ1) is 14.4. The van der Waals surface area contributed by atoms with Crippen LogP contribution in [0.5, 0.6) is 11.5 Å². The van der Waals surface area contributed by atoms with Crippen molar-refractivity contribution < 1.29 is 46.1 Å². The molecule has 1 aromatic carbocycles. The number of aromatic carboxylic acids is 1. The van der Waals surface area contributed by atoms with Gasteiger partial charge < -0.3 is 19.5 Å². The Morgan fingerprint density at radius 1 is 1.16 bits per heavy atom. The number of benzene rings is 1. The number of carbonyl (C=O) groups excluding carboxylic acids is 1. The van der Waals surface area contributed by atoms with Gasteiger partial charge in [0.05, 0.1) is 31.3 Å². The molecule has 1 aliphatic heterocycles. The third-order valence-corrected chi connectivity index (χ3v) is 4.36. The highest BCUT2D eigenvalue weighted by molar-refractivity contribution is 5.87. The SMILES string of the molecule is O=C(O)c1cncc(OC2CN(C(=O)Cc3ccc(OC(F)(F)F)cc3)CC2(F)F)c1. The number of carbonyl (C=O) groups is 2. The molecule has 31 heavy (non-hydrogen) atoms. The summed E-state index contributed by atoms with van der Waals surface area (Å²) in [6.45, 7) is -1.38. The number of rotatable bonds is 6. The molecule has 0 aliphatic carbocycles. The quantitative estimate of drug-likeness (QED) is 0.686. The zero-order valence-electron chi connectivity index (χ0n) is 15.6. The van der Waals surface area contributed by atoms with Crippen LogP contribution in [0.1, 0.15) is 15.9 Å². The summed E-state index contributed by atoms with van der Waals surface area (Å²) in [5, 5.41) is 8.94. The number of nitrogens with zero attached hydrogens (tertiary/aromatic N) is 2. The maximum absolute atomic E-state index is 14.3. The molecule has 3 rings (SSSR count). The maximum Gasteiger partial charge on any atom is 0.573 e. The van der Waals surface area contributed by atoms with E-state index < -0.39 is 49.1 Å². The van der Waals surface area contributed by atoms with Gasteiger partial charge >= 0.3 is 18.3 Å². The normalized spacial score (nSPS) is 18.0. The average Bonchev–Trinajstić information content (AvgIpc) is 2.97. The van der Waals surface area contributed by atoms with Crippen molar-refractivity contribution in [2.45, 2.75) is 24.8 Å². The second-order valence-corrected chi connectivity index (χ2v) is 6.72. The van der Waals surface area contributed by atoms with Gasteiger partial charge in [-0.15, -0.1) is 13.2 Å². The topological polar surface area (TPSA) is 89.0 Å². The minimum absolute atomic E-state index is 0.181. The minimum Gasteiger partial charge on any atom is -0.481 e. The molecule has 0 radical (unpaired) electrons. The van der Waals surface area contributed by atoms with Crippen LogP contribution in [0.3, 0.4) is 0 Å². The summed E-state index contributed by atoms with van der Waals surface area (Å²) in [7, 11) is 0. The number of aromatic nitrogens is 1. The van der Waals surface area contributed by atoms with E-state index in [-0.39, 0.29) is 17.7 Å². The van der Waals surface area contributed by atoms with Crippen molar-refractivity contribution >= 4 is 11.9 Å². The van der Waals surface area contributed by atoms with E-state index in [1.165, 1.54) is 12.1 Å². The molecule has 1 N–H and O–H groups in total. The van der Waals surface area contributed by atoms with Crippen molar-refractivity contribution in [1.29, 1.82) is 0 Å². The molecule has 1 aromatic heterocycles. The van der Waals surface area contributed by atoms with Crippen molar-refractivity contribution in [2.24, 2.45) is 0 Å². The first-order valence-electron chi connectivity index (χ1n) is 8.78. The van der Waals surface area contributed by atoms with Gasteiger partial charge in [-0.3, -0.25) is 9.78 Å². The van der Waals surface area contributed by atoms with Crippen LogP contribution < -0.4 is 9.47 Å². The van der Waals surface area contributed by atoms with Crippen LogP contribution in [0.15, 0.2) is 42.7 Å². The fraction of sp³-hybridized carbons (Fsp3) is 0.316. The van der Waals surface area contributed by atoms with Crippen LogP contribution in [0, 0.1) is 0 Å². The minimum atomic E-state index is -4.85. The Morgan fingerprint density at radius 2 is 1.84 bits per heavy atom. The molecule has 0 saturated carbocycles. The second-order valence-electron chi connectivity index (χ2n) is 6.72. The number of hydrogen-bond donors (Lipinski definition) is 1. The van der Waals surface area contributed by atoms with Gasteiger partial charge in [-0.1, -0.05) is 12.1 Å². The Bertz CT molecular complexity index is 965. The smallest absolute Gasteiger partial charge is 0.481 e. The molecule has 166 valence electrons. The van der Waals surface area contributed by atoms with E-state index in [1.54, 1.807) is 0 Å². The third-order valence-electron chi connectivity index (χ3n) is 4.36. The number of likely N-dealkylation sites (tertiary alicyclic amines) is 1. The summed E-state index contributed by atoms with van der Waals surface area (Å²) in [5.41, 5.74) is 0.0651. The van der Waals surface area contributed by atoms with Gasteiger partial charge in [0.25, 0.3) is 0 Å². The molecule has 1 amide bonds. The van der Waals surface area contributed by atoms with Crippen molar-refractivity contribution in [3.8, 4) is 11.5 Å². The van der Waals surface area contributed by atoms with Crippen molar-refractivity contribution in [2.75, 3.05) is 13.1 Å². The molecule has 2 aromatic rings. The lowest BCUT2D eigenvalue weighted by molar-refractivity contribution is -0.274. The number of carboxylic acids is 1. The monoisotopic (exact) mass is 446 g/mol. The fourth-order valence-corrected chi connectivity index (χ4v) is 2.93. The highest BCUT2D eigenvalue weighted by atomic mass is 19.4. The van der Waals surface area contributed by atoms with Gasteiger partial charge in [0.15, 0.2) is 6.10 Å². The van der Waals surface area contributed by atoms with Gasteiger partial charge in [-0.25, -0.2) is 13.6 Å². The molecule has 1 atom stereocenters. The summed E-state index contributed by atoms with van der Waals surface area (Å²) in [5.74, 6) is -6.03. The Kier molecular flexibility index (Phi) is 6.00. The van der Waals surface area contributed by atoms with Crippen LogP contribution in [0.2, 0.25) is 0 Å². The Labute approximate surface area is 172 Å². The van der Waals surface area contributed by atoms with Crippen molar-refractivity contribution in [3.05, 3.63) is 53.9 Å². The highest BCUT2D eigenvalue weighted by Gasteiger charge is 2.51. The van der Waals surface area contributed by atoms with Gasteiger partial charge in [0, 0.05) is 6.20 Å². The van der Waals surface area contributed by atoms with Gasteiger partial charge in [0.2, 0.25) is 5.91 Å². The fourth-order valence-electron chi connectivity index (χ4n) is 2.93. The first-order valence-corrected chi connectivity index (χ1v) is 8.78. The van der Waals surface area contributed by atoms with E-state index in [4.69, 9.17) is 9.84 Å². The lowest BCUT2D eigenvalue weighted by Crippen LogP contribution is -2.36. The molecule has 1 fully saturated rings. The summed E-state index contributed by atoms with van der Waals surface area (Å²) in [6.07, 6.45) is -4.77. The van der Waals surface area contributed by atoms with Crippen LogP contribution in [0.4, 0.5) is 22.0 Å². The van der Waals surface area contributed by atoms with E-state index >= 15 is 0 Å². The highest BCUT2D eigenvalue weighted by Crippen LogP contribution is 2.32. The van der Waals surface area contributed by atoms with E-state index in [0.29, 0.717) is 5.56 Å². The van der Waals surface area contributed by atoms with Gasteiger partial charge in [0.1, 0.15) is 11.5 Å². The standard InChI is InChI=1S/C19H15F5N2O5/c20-18(21)10-26(9-15(18)30-14-6-12(17(28)29)7-25-8-14)16(27)5-11-1-3-13(4-2-11)31-19(22,23)24/h1-4,6-8,15H,5,9-10H2,(H,28,29). The first kappa shape index (κ1) is 22.2. The van der Waals surface area contributed by atoms with E-state index in [0.717, 1.165) is 35.5 Å². The van der Waals surface area contributed by atoms with Crippen molar-refractivity contribution in [1.82, 2.24) is 9.88 Å². The third kappa shape index (κ3) is 5.80. The zero-order chi connectivity index (χ0) is 22.8. The van der Waals surface area contributed by atoms with E-state index in [1.807, 2.05) is 0 Å². The number of halogens is 5. The lowest BCUT2D eigenvalue weighted by atomic mass is 10.1. The predicted octanol–water partition coefficient (Wildman–Crippen LogP) is 3.15. The number of alkyl halides is 5. The lowest BCUT2D eigenvalue weighted by Gasteiger charge is -2.18. The molecule has 7 nitrogen and oxygen atoms in total. The van der Waals surface area contributed by atoms with Crippen LogP contribution in [-0.2, 0) is 11.2 Å². The number of hydrogen-bond acceptors (Lipinski definition) is 5. The summed E-state index contributed by atoms with van der Waals surface area (Å²) < 4.78 is 74.1. The molecule has 2 heterocycles. The van der Waals surface area contributed by atoms with Crippen LogP contribution in [0.25, 0.3) is 0 Å². The second kappa shape index (κ2) is 8.36. The molecule has 1 saturated heterocycles. The average molecular weight is 446 g/mol. The number of carboxylic acid groups (broad SMARTS) is 1. The maximum atomic E-state index is 14.3. The molecular formula is C19H15F5N2O5. The Hall–Kier alpha value is -3.44. The molecule has 12 heteroatoms. The van der Waals surface area contributed by atoms with Crippen LogP contribution in [-0.4, -0.2) is 58.3 Å². The number of pyridine rings is 1. The molecule has 1 unspecified atom stereocenters. The largest absolute Gasteiger partial charge is 0.573 e. The summed E-state index contributed by atoms with van der Waals surface area (Å²) >= 11 is 0. The van der Waals surface area contributed by atoms with Gasteiger partial charge in [-0.05, 0) is 23.8 Å². The zero-order valence-corrected chi connectivity index (χ0v) is 15.6. The Morgan fingerprint density at radius 3 is 2.45 bits per heavy atom. The molecule has 1 aliphatic rings. The van der Waals surface area contributed by atoms with Crippen LogP contribution >= 0.6 is 0 Å². The van der Waals surface area contributed by atoms with E-state index in [9.17, 15) is 31.5 Å². The Balaban J connectivity index is 1.63. The summed E-state index contributed by atoms with van der Waals surface area (Å²) in [6, 6.07) is 5.53. The van der Waals surface area contributed by atoms with Gasteiger partial charge in [-0.2, -0.15) is 0 Å². The number of amides is 1. The van der Waals surface area contributed by atoms with E-state index in [2.05, 4.69) is 9.72 Å².